The molecule has 0 aliphatic carbocycles. The number of rotatable bonds is 3. The fourth-order valence-corrected chi connectivity index (χ4v) is 2.44. The zero-order valence-electron chi connectivity index (χ0n) is 11.2. The van der Waals surface area contributed by atoms with Crippen molar-refractivity contribution >= 4 is 15.9 Å². The van der Waals surface area contributed by atoms with Gasteiger partial charge in [-0.15, -0.1) is 0 Å². The second-order valence-corrected chi connectivity index (χ2v) is 5.54. The molecule has 0 spiro atoms. The summed E-state index contributed by atoms with van der Waals surface area (Å²) in [6.45, 7) is -0.403. The Morgan fingerprint density at radius 3 is 2.50 bits per heavy atom. The maximum atomic E-state index is 13.9. The number of aliphatic hydroxyl groups excluding tert-OH is 1. The first-order valence-electron chi connectivity index (χ1n) is 6.41. The predicted octanol–water partition coefficient (Wildman–Crippen LogP) is 4.54. The predicted molar refractivity (Wildman–Crippen MR) is 80.9 cm³/mol. The molecule has 0 bridgehead atoms. The molecule has 3 nitrogen and oxygen atoms in total. The molecule has 0 atom stereocenters. The number of hydrogen-bond acceptors (Lipinski definition) is 3. The standard InChI is InChI=1S/C16H10BrF2NO2/c17-10-3-1-9(2-4-10)16-13(8-21)15(20-22-16)12-7-11(18)5-6-14(12)19/h1-7,21H,8H2. The average molecular weight is 366 g/mol. The molecule has 0 aliphatic heterocycles. The molecule has 0 amide bonds. The topological polar surface area (TPSA) is 46.3 Å². The summed E-state index contributed by atoms with van der Waals surface area (Å²) in [4.78, 5) is 0. The number of hydrogen-bond donors (Lipinski definition) is 1. The summed E-state index contributed by atoms with van der Waals surface area (Å²) in [5.41, 5.74) is 1.04. The third kappa shape index (κ3) is 2.67. The van der Waals surface area contributed by atoms with Gasteiger partial charge in [0.15, 0.2) is 5.76 Å². The summed E-state index contributed by atoms with van der Waals surface area (Å²) in [6, 6.07) is 10.2. The van der Waals surface area contributed by atoms with Gasteiger partial charge < -0.3 is 9.63 Å². The van der Waals surface area contributed by atoms with Crippen LogP contribution in [0.2, 0.25) is 0 Å². The van der Waals surface area contributed by atoms with Gasteiger partial charge in [0.05, 0.1) is 12.2 Å². The second-order valence-electron chi connectivity index (χ2n) is 4.63. The molecular weight excluding hydrogens is 356 g/mol. The van der Waals surface area contributed by atoms with Crippen LogP contribution in [-0.4, -0.2) is 10.3 Å². The molecule has 0 saturated carbocycles. The highest BCUT2D eigenvalue weighted by molar-refractivity contribution is 9.10. The van der Waals surface area contributed by atoms with E-state index in [0.29, 0.717) is 16.9 Å². The van der Waals surface area contributed by atoms with Crippen LogP contribution in [0.1, 0.15) is 5.56 Å². The Hall–Kier alpha value is -2.05. The molecule has 6 heteroatoms. The zero-order chi connectivity index (χ0) is 15.7. The van der Waals surface area contributed by atoms with Gasteiger partial charge in [-0.25, -0.2) is 8.78 Å². The SMILES string of the molecule is OCc1c(-c2cc(F)ccc2F)noc1-c1ccc(Br)cc1. The van der Waals surface area contributed by atoms with Crippen LogP contribution in [0.4, 0.5) is 8.78 Å². The lowest BCUT2D eigenvalue weighted by molar-refractivity contribution is 0.281. The monoisotopic (exact) mass is 365 g/mol. The Bertz CT molecular complexity index is 816. The maximum Gasteiger partial charge on any atom is 0.173 e. The quantitative estimate of drug-likeness (QED) is 0.740. The highest BCUT2D eigenvalue weighted by atomic mass is 79.9. The van der Waals surface area contributed by atoms with E-state index >= 15 is 0 Å². The first-order chi connectivity index (χ1) is 10.6. The molecule has 0 aliphatic rings. The minimum absolute atomic E-state index is 0.0452. The number of aliphatic hydroxyl groups is 1. The van der Waals surface area contributed by atoms with E-state index in [1.165, 1.54) is 0 Å². The van der Waals surface area contributed by atoms with Crippen molar-refractivity contribution in [1.29, 1.82) is 0 Å². The first-order valence-corrected chi connectivity index (χ1v) is 7.20. The molecule has 0 saturated heterocycles. The summed E-state index contributed by atoms with van der Waals surface area (Å²) < 4.78 is 33.4. The van der Waals surface area contributed by atoms with E-state index < -0.39 is 18.2 Å². The molecule has 1 heterocycles. The molecule has 3 aromatic rings. The number of halogens is 3. The van der Waals surface area contributed by atoms with Crippen molar-refractivity contribution < 1.29 is 18.4 Å². The fraction of sp³-hybridized carbons (Fsp3) is 0.0625. The van der Waals surface area contributed by atoms with Gasteiger partial charge in [-0.3, -0.25) is 0 Å². The summed E-state index contributed by atoms with van der Waals surface area (Å²) in [5.74, 6) is -0.895. The minimum atomic E-state index is -0.633. The van der Waals surface area contributed by atoms with Crippen molar-refractivity contribution in [2.45, 2.75) is 6.61 Å². The molecular formula is C16H10BrF2NO2. The van der Waals surface area contributed by atoms with Crippen molar-refractivity contribution in [3.05, 3.63) is 64.1 Å². The Morgan fingerprint density at radius 2 is 1.82 bits per heavy atom. The van der Waals surface area contributed by atoms with Crippen molar-refractivity contribution in [2.24, 2.45) is 0 Å². The molecule has 1 aromatic heterocycles. The van der Waals surface area contributed by atoms with Crippen LogP contribution in [0.15, 0.2) is 51.5 Å². The normalized spacial score (nSPS) is 10.9. The van der Waals surface area contributed by atoms with Gasteiger partial charge in [-0.1, -0.05) is 33.2 Å². The smallest absolute Gasteiger partial charge is 0.173 e. The van der Waals surface area contributed by atoms with Gasteiger partial charge >= 0.3 is 0 Å². The molecule has 0 fully saturated rings. The zero-order valence-corrected chi connectivity index (χ0v) is 12.8. The Kier molecular flexibility index (Phi) is 4.04. The van der Waals surface area contributed by atoms with E-state index in [1.807, 2.05) is 0 Å². The highest BCUT2D eigenvalue weighted by Gasteiger charge is 2.21. The van der Waals surface area contributed by atoms with Crippen molar-refractivity contribution in [3.63, 3.8) is 0 Å². The van der Waals surface area contributed by atoms with E-state index in [0.717, 1.165) is 22.7 Å². The van der Waals surface area contributed by atoms with Gasteiger partial charge in [0.1, 0.15) is 17.3 Å². The summed E-state index contributed by atoms with van der Waals surface area (Å²) in [7, 11) is 0. The summed E-state index contributed by atoms with van der Waals surface area (Å²) >= 11 is 3.33. The van der Waals surface area contributed by atoms with Crippen LogP contribution in [0.5, 0.6) is 0 Å². The van der Waals surface area contributed by atoms with Crippen LogP contribution in [0.25, 0.3) is 22.6 Å². The lowest BCUT2D eigenvalue weighted by atomic mass is 10.0. The summed E-state index contributed by atoms with van der Waals surface area (Å²) in [5, 5.41) is 13.4. The second kappa shape index (κ2) is 5.98. The van der Waals surface area contributed by atoms with E-state index in [2.05, 4.69) is 21.1 Å². The fourth-order valence-electron chi connectivity index (χ4n) is 2.17. The lowest BCUT2D eigenvalue weighted by Gasteiger charge is -2.03. The number of aromatic nitrogens is 1. The largest absolute Gasteiger partial charge is 0.391 e. The van der Waals surface area contributed by atoms with E-state index in [4.69, 9.17) is 4.52 Å². The van der Waals surface area contributed by atoms with Crippen LogP contribution in [0.3, 0.4) is 0 Å². The van der Waals surface area contributed by atoms with Gasteiger partial charge in [0.2, 0.25) is 0 Å². The first kappa shape index (κ1) is 14.9. The molecule has 0 unspecified atom stereocenters. The van der Waals surface area contributed by atoms with Gasteiger partial charge in [-0.2, -0.15) is 0 Å². The highest BCUT2D eigenvalue weighted by Crippen LogP contribution is 2.34. The van der Waals surface area contributed by atoms with Crippen molar-refractivity contribution in [3.8, 4) is 22.6 Å². The molecule has 2 aromatic carbocycles. The van der Waals surface area contributed by atoms with Crippen LogP contribution < -0.4 is 0 Å². The third-order valence-corrected chi connectivity index (χ3v) is 3.76. The van der Waals surface area contributed by atoms with Gasteiger partial charge in [0.25, 0.3) is 0 Å². The summed E-state index contributed by atoms with van der Waals surface area (Å²) in [6.07, 6.45) is 0. The van der Waals surface area contributed by atoms with Crippen molar-refractivity contribution in [2.75, 3.05) is 0 Å². The van der Waals surface area contributed by atoms with E-state index in [-0.39, 0.29) is 11.3 Å². The molecule has 112 valence electrons. The minimum Gasteiger partial charge on any atom is -0.391 e. The van der Waals surface area contributed by atoms with Crippen LogP contribution in [0, 0.1) is 11.6 Å². The maximum absolute atomic E-state index is 13.9. The lowest BCUT2D eigenvalue weighted by Crippen LogP contribution is -1.92. The van der Waals surface area contributed by atoms with E-state index in [9.17, 15) is 13.9 Å². The Morgan fingerprint density at radius 1 is 1.09 bits per heavy atom. The number of benzene rings is 2. The molecule has 3 rings (SSSR count). The Balaban J connectivity index is 2.15. The molecule has 22 heavy (non-hydrogen) atoms. The third-order valence-electron chi connectivity index (χ3n) is 3.24. The average Bonchev–Trinajstić information content (AvgIpc) is 2.94. The molecule has 1 N–H and O–H groups in total. The van der Waals surface area contributed by atoms with Crippen LogP contribution >= 0.6 is 15.9 Å². The van der Waals surface area contributed by atoms with Gasteiger partial charge in [-0.05, 0) is 30.3 Å². The Labute approximate surface area is 133 Å². The van der Waals surface area contributed by atoms with Crippen molar-refractivity contribution in [1.82, 2.24) is 5.16 Å². The van der Waals surface area contributed by atoms with Gasteiger partial charge in [0, 0.05) is 15.6 Å². The van der Waals surface area contributed by atoms with Crippen LogP contribution in [-0.2, 0) is 6.61 Å². The van der Waals surface area contributed by atoms with E-state index in [1.54, 1.807) is 24.3 Å². The molecule has 0 radical (unpaired) electrons. The number of nitrogens with zero attached hydrogens (tertiary/aromatic N) is 1.